The first-order valence-electron chi connectivity index (χ1n) is 8.98. The summed E-state index contributed by atoms with van der Waals surface area (Å²) in [6.07, 6.45) is 1.03. The Balaban J connectivity index is 1.48. The molecule has 0 aliphatic carbocycles. The lowest BCUT2D eigenvalue weighted by molar-refractivity contribution is -0.114. The standard InChI is InChI=1S/C19H18N4O6S2/c1-27-14-6-3-12(4-7-14)18-21-22-19(30-18)20-17(24)10-23(31(2,25)26)13-5-8-15-16(9-13)29-11-28-15/h3-9H,10-11H2,1-2H3,(H,20,22,24). The van der Waals surface area contributed by atoms with Crippen molar-refractivity contribution in [1.29, 1.82) is 0 Å². The molecule has 0 saturated carbocycles. The van der Waals surface area contributed by atoms with Gasteiger partial charge in [0.15, 0.2) is 11.5 Å². The second kappa shape index (κ2) is 8.40. The van der Waals surface area contributed by atoms with E-state index in [1.165, 1.54) is 17.4 Å². The van der Waals surface area contributed by atoms with E-state index in [2.05, 4.69) is 15.5 Å². The molecule has 162 valence electrons. The van der Waals surface area contributed by atoms with Gasteiger partial charge in [0, 0.05) is 11.6 Å². The topological polar surface area (TPSA) is 120 Å². The van der Waals surface area contributed by atoms with Gasteiger partial charge in [0.05, 0.1) is 19.1 Å². The summed E-state index contributed by atoms with van der Waals surface area (Å²) in [5.74, 6) is 1.09. The summed E-state index contributed by atoms with van der Waals surface area (Å²) in [6.45, 7) is -0.373. The van der Waals surface area contributed by atoms with E-state index < -0.39 is 22.5 Å². The van der Waals surface area contributed by atoms with E-state index in [0.29, 0.717) is 22.3 Å². The highest BCUT2D eigenvalue weighted by Crippen LogP contribution is 2.36. The molecular formula is C19H18N4O6S2. The van der Waals surface area contributed by atoms with Gasteiger partial charge in [-0.2, -0.15) is 0 Å². The van der Waals surface area contributed by atoms with Crippen molar-refractivity contribution in [3.8, 4) is 27.8 Å². The summed E-state index contributed by atoms with van der Waals surface area (Å²) < 4.78 is 41.2. The number of nitrogens with one attached hydrogen (secondary N) is 1. The monoisotopic (exact) mass is 462 g/mol. The maximum atomic E-state index is 12.6. The minimum Gasteiger partial charge on any atom is -0.497 e. The van der Waals surface area contributed by atoms with Crippen molar-refractivity contribution in [2.75, 3.05) is 36.3 Å². The summed E-state index contributed by atoms with van der Waals surface area (Å²) in [6, 6.07) is 11.9. The zero-order chi connectivity index (χ0) is 22.0. The molecule has 31 heavy (non-hydrogen) atoms. The number of ether oxygens (including phenoxy) is 3. The van der Waals surface area contributed by atoms with E-state index in [4.69, 9.17) is 14.2 Å². The van der Waals surface area contributed by atoms with Gasteiger partial charge < -0.3 is 14.2 Å². The van der Waals surface area contributed by atoms with Crippen LogP contribution in [0.5, 0.6) is 17.2 Å². The molecule has 0 atom stereocenters. The van der Waals surface area contributed by atoms with Gasteiger partial charge in [0.25, 0.3) is 0 Å². The molecule has 10 nitrogen and oxygen atoms in total. The smallest absolute Gasteiger partial charge is 0.246 e. The van der Waals surface area contributed by atoms with E-state index >= 15 is 0 Å². The fourth-order valence-corrected chi connectivity index (χ4v) is 4.47. The van der Waals surface area contributed by atoms with E-state index in [9.17, 15) is 13.2 Å². The molecule has 1 aliphatic heterocycles. The van der Waals surface area contributed by atoms with Crippen molar-refractivity contribution < 1.29 is 27.4 Å². The predicted octanol–water partition coefficient (Wildman–Crippen LogP) is 2.35. The minimum atomic E-state index is -3.74. The van der Waals surface area contributed by atoms with Gasteiger partial charge in [-0.15, -0.1) is 10.2 Å². The van der Waals surface area contributed by atoms with Crippen molar-refractivity contribution in [2.45, 2.75) is 0 Å². The average Bonchev–Trinajstić information content (AvgIpc) is 3.40. The maximum Gasteiger partial charge on any atom is 0.246 e. The molecule has 12 heteroatoms. The van der Waals surface area contributed by atoms with Crippen LogP contribution in [0.15, 0.2) is 42.5 Å². The molecule has 0 radical (unpaired) electrons. The lowest BCUT2D eigenvalue weighted by Crippen LogP contribution is -2.37. The van der Waals surface area contributed by atoms with Crippen LogP contribution in [0, 0.1) is 0 Å². The van der Waals surface area contributed by atoms with Crippen LogP contribution in [0.1, 0.15) is 0 Å². The first kappa shape index (κ1) is 20.9. The van der Waals surface area contributed by atoms with Crippen LogP contribution < -0.4 is 23.8 Å². The number of anilines is 2. The fraction of sp³-hybridized carbons (Fsp3) is 0.211. The number of methoxy groups -OCH3 is 1. The van der Waals surface area contributed by atoms with Crippen molar-refractivity contribution in [2.24, 2.45) is 0 Å². The molecule has 1 N–H and O–H groups in total. The van der Waals surface area contributed by atoms with Crippen LogP contribution in [0.3, 0.4) is 0 Å². The summed E-state index contributed by atoms with van der Waals surface area (Å²) >= 11 is 1.17. The largest absolute Gasteiger partial charge is 0.497 e. The number of sulfonamides is 1. The third kappa shape index (κ3) is 4.70. The number of fused-ring (bicyclic) bond motifs is 1. The number of carbonyl (C=O) groups excluding carboxylic acids is 1. The number of nitrogens with zero attached hydrogens (tertiary/aromatic N) is 3. The first-order chi connectivity index (χ1) is 14.8. The van der Waals surface area contributed by atoms with Crippen molar-refractivity contribution in [3.63, 3.8) is 0 Å². The van der Waals surface area contributed by atoms with E-state index in [1.54, 1.807) is 31.4 Å². The molecule has 2 heterocycles. The van der Waals surface area contributed by atoms with Crippen molar-refractivity contribution >= 4 is 38.1 Å². The number of rotatable bonds is 7. The Hall–Kier alpha value is -3.38. The SMILES string of the molecule is COc1ccc(-c2nnc(NC(=O)CN(c3ccc4c(c3)OCO4)S(C)(=O)=O)s2)cc1. The van der Waals surface area contributed by atoms with Crippen molar-refractivity contribution in [3.05, 3.63) is 42.5 Å². The third-order valence-electron chi connectivity index (χ3n) is 4.34. The highest BCUT2D eigenvalue weighted by atomic mass is 32.2. The molecule has 0 fully saturated rings. The van der Waals surface area contributed by atoms with Gasteiger partial charge in [-0.05, 0) is 36.4 Å². The van der Waals surface area contributed by atoms with Gasteiger partial charge in [0.2, 0.25) is 27.9 Å². The number of hydrogen-bond donors (Lipinski definition) is 1. The lowest BCUT2D eigenvalue weighted by atomic mass is 10.2. The first-order valence-corrected chi connectivity index (χ1v) is 11.6. The zero-order valence-corrected chi connectivity index (χ0v) is 18.2. The Morgan fingerprint density at radius 2 is 1.90 bits per heavy atom. The van der Waals surface area contributed by atoms with Crippen LogP contribution in [-0.2, 0) is 14.8 Å². The highest BCUT2D eigenvalue weighted by Gasteiger charge is 2.24. The van der Waals surface area contributed by atoms with E-state index in [0.717, 1.165) is 16.1 Å². The Kier molecular flexibility index (Phi) is 5.65. The van der Waals surface area contributed by atoms with Gasteiger partial charge in [-0.3, -0.25) is 14.4 Å². The van der Waals surface area contributed by atoms with Crippen molar-refractivity contribution in [1.82, 2.24) is 10.2 Å². The number of hydrogen-bond acceptors (Lipinski definition) is 9. The number of aromatic nitrogens is 2. The maximum absolute atomic E-state index is 12.6. The van der Waals surface area contributed by atoms with Gasteiger partial charge in [0.1, 0.15) is 17.3 Å². The number of benzene rings is 2. The Morgan fingerprint density at radius 1 is 1.16 bits per heavy atom. The van der Waals surface area contributed by atoms with Gasteiger partial charge in [-0.25, -0.2) is 8.42 Å². The molecule has 1 aliphatic rings. The normalized spacial score (nSPS) is 12.5. The third-order valence-corrected chi connectivity index (χ3v) is 6.37. The highest BCUT2D eigenvalue weighted by molar-refractivity contribution is 7.92. The molecule has 1 amide bonds. The molecule has 0 bridgehead atoms. The summed E-state index contributed by atoms with van der Waals surface area (Å²) in [4.78, 5) is 12.6. The summed E-state index contributed by atoms with van der Waals surface area (Å²) in [5, 5.41) is 11.5. The van der Waals surface area contributed by atoms with Gasteiger partial charge >= 0.3 is 0 Å². The molecule has 1 aromatic heterocycles. The summed E-state index contributed by atoms with van der Waals surface area (Å²) in [5.41, 5.74) is 1.11. The second-order valence-corrected chi connectivity index (χ2v) is 9.38. The molecule has 3 aromatic rings. The van der Waals surface area contributed by atoms with Crippen LogP contribution in [-0.4, -0.2) is 51.2 Å². The minimum absolute atomic E-state index is 0.0612. The molecule has 0 spiro atoms. The Labute approximate surface area is 182 Å². The molecule has 0 saturated heterocycles. The van der Waals surface area contributed by atoms with Crippen LogP contribution >= 0.6 is 11.3 Å². The molecule has 4 rings (SSSR count). The van der Waals surface area contributed by atoms with Crippen LogP contribution in [0.4, 0.5) is 10.8 Å². The molecular weight excluding hydrogens is 444 g/mol. The van der Waals surface area contributed by atoms with E-state index in [-0.39, 0.29) is 17.6 Å². The number of carbonyl (C=O) groups is 1. The van der Waals surface area contributed by atoms with Crippen LogP contribution in [0.2, 0.25) is 0 Å². The summed E-state index contributed by atoms with van der Waals surface area (Å²) in [7, 11) is -2.16. The molecule has 0 unspecified atom stereocenters. The average molecular weight is 463 g/mol. The Morgan fingerprint density at radius 3 is 2.61 bits per heavy atom. The lowest BCUT2D eigenvalue weighted by Gasteiger charge is -2.21. The fourth-order valence-electron chi connectivity index (χ4n) is 2.85. The second-order valence-electron chi connectivity index (χ2n) is 6.50. The van der Waals surface area contributed by atoms with E-state index in [1.807, 2.05) is 12.1 Å². The quantitative estimate of drug-likeness (QED) is 0.568. The zero-order valence-electron chi connectivity index (χ0n) is 16.6. The van der Waals surface area contributed by atoms with Crippen LogP contribution in [0.25, 0.3) is 10.6 Å². The predicted molar refractivity (Wildman–Crippen MR) is 115 cm³/mol. The van der Waals surface area contributed by atoms with Gasteiger partial charge in [-0.1, -0.05) is 11.3 Å². The Bertz CT molecular complexity index is 1210. The number of amides is 1. The molecule has 2 aromatic carbocycles.